The molecule has 0 radical (unpaired) electrons. The van der Waals surface area contributed by atoms with Crippen molar-refractivity contribution in [3.63, 3.8) is 0 Å². The van der Waals surface area contributed by atoms with Gasteiger partial charge in [-0.3, -0.25) is 0 Å². The SMILES string of the molecule is CCCc1ccc(SNS)cc1. The molecule has 12 heavy (non-hydrogen) atoms. The average Bonchev–Trinajstić information content (AvgIpc) is 2.09. The number of rotatable bonds is 4. The summed E-state index contributed by atoms with van der Waals surface area (Å²) in [5.41, 5.74) is 1.40. The quantitative estimate of drug-likeness (QED) is 0.571. The molecule has 0 aromatic heterocycles. The largest absolute Gasteiger partial charge is 0.206 e. The van der Waals surface area contributed by atoms with E-state index in [0.29, 0.717) is 0 Å². The monoisotopic (exact) mass is 199 g/mol. The number of thiol groups is 1. The molecular formula is C9H13NS2. The maximum atomic E-state index is 3.91. The third-order valence-corrected chi connectivity index (χ3v) is 2.50. The second-order valence-corrected chi connectivity index (χ2v) is 3.99. The Morgan fingerprint density at radius 1 is 1.33 bits per heavy atom. The lowest BCUT2D eigenvalue weighted by Gasteiger charge is -2.00. The number of benzene rings is 1. The Morgan fingerprint density at radius 3 is 2.50 bits per heavy atom. The van der Waals surface area contributed by atoms with Crippen LogP contribution in [0.25, 0.3) is 0 Å². The van der Waals surface area contributed by atoms with Crippen molar-refractivity contribution in [1.82, 2.24) is 4.13 Å². The molecule has 0 atom stereocenters. The Labute approximate surface area is 83.6 Å². The Hall–Kier alpha value is -0.120. The van der Waals surface area contributed by atoms with E-state index in [-0.39, 0.29) is 0 Å². The van der Waals surface area contributed by atoms with Gasteiger partial charge in [0, 0.05) is 4.90 Å². The molecular weight excluding hydrogens is 186 g/mol. The highest BCUT2D eigenvalue weighted by atomic mass is 32.2. The lowest BCUT2D eigenvalue weighted by atomic mass is 10.1. The Morgan fingerprint density at radius 2 is 2.00 bits per heavy atom. The van der Waals surface area contributed by atoms with Gasteiger partial charge in [-0.25, -0.2) is 4.13 Å². The standard InChI is InChI=1S/C9H13NS2/c1-2-3-8-4-6-9(7-5-8)12-10-11/h4-7,10-11H,2-3H2,1H3. The zero-order chi connectivity index (χ0) is 8.81. The van der Waals surface area contributed by atoms with E-state index in [1.165, 1.54) is 35.2 Å². The van der Waals surface area contributed by atoms with Crippen molar-refractivity contribution in [2.45, 2.75) is 24.7 Å². The van der Waals surface area contributed by atoms with Crippen molar-refractivity contribution in [2.24, 2.45) is 0 Å². The minimum Gasteiger partial charge on any atom is -0.206 e. The van der Waals surface area contributed by atoms with Gasteiger partial charge in [-0.05, 0) is 36.1 Å². The molecule has 0 bridgehead atoms. The van der Waals surface area contributed by atoms with Crippen LogP contribution in [0.15, 0.2) is 29.2 Å². The summed E-state index contributed by atoms with van der Waals surface area (Å²) in [6, 6.07) is 8.55. The van der Waals surface area contributed by atoms with Crippen molar-refractivity contribution < 1.29 is 0 Å². The highest BCUT2D eigenvalue weighted by molar-refractivity contribution is 8.06. The first-order valence-electron chi connectivity index (χ1n) is 4.01. The molecule has 0 saturated heterocycles. The fourth-order valence-electron chi connectivity index (χ4n) is 1.07. The predicted molar refractivity (Wildman–Crippen MR) is 58.4 cm³/mol. The molecule has 0 aliphatic carbocycles. The Kier molecular flexibility index (Phi) is 4.58. The highest BCUT2D eigenvalue weighted by Crippen LogP contribution is 2.16. The van der Waals surface area contributed by atoms with Crippen LogP contribution in [0, 0.1) is 0 Å². The molecule has 1 N–H and O–H groups in total. The fourth-order valence-corrected chi connectivity index (χ4v) is 1.76. The maximum absolute atomic E-state index is 3.91. The summed E-state index contributed by atoms with van der Waals surface area (Å²) in [4.78, 5) is 1.20. The summed E-state index contributed by atoms with van der Waals surface area (Å²) in [5, 5.41) is 0. The van der Waals surface area contributed by atoms with E-state index >= 15 is 0 Å². The molecule has 0 fully saturated rings. The van der Waals surface area contributed by atoms with E-state index < -0.39 is 0 Å². The molecule has 1 nitrogen and oxygen atoms in total. The van der Waals surface area contributed by atoms with E-state index in [4.69, 9.17) is 0 Å². The molecule has 1 aromatic carbocycles. The van der Waals surface area contributed by atoms with Gasteiger partial charge in [0.2, 0.25) is 0 Å². The van der Waals surface area contributed by atoms with Crippen LogP contribution in [0.3, 0.4) is 0 Å². The van der Waals surface area contributed by atoms with E-state index in [2.05, 4.69) is 48.1 Å². The van der Waals surface area contributed by atoms with Gasteiger partial charge in [-0.2, -0.15) is 0 Å². The Bertz CT molecular complexity index is 195. The smallest absolute Gasteiger partial charge is 0.0236 e. The van der Waals surface area contributed by atoms with Crippen molar-refractivity contribution >= 4 is 24.8 Å². The summed E-state index contributed by atoms with van der Waals surface area (Å²) in [6.07, 6.45) is 2.37. The number of aryl methyl sites for hydroxylation is 1. The first kappa shape index (κ1) is 9.96. The minimum atomic E-state index is 1.17. The summed E-state index contributed by atoms with van der Waals surface area (Å²) in [5.74, 6) is 0. The van der Waals surface area contributed by atoms with Gasteiger partial charge in [-0.1, -0.05) is 38.3 Å². The molecule has 66 valence electrons. The molecule has 3 heteroatoms. The van der Waals surface area contributed by atoms with Gasteiger partial charge in [0.1, 0.15) is 0 Å². The third-order valence-electron chi connectivity index (χ3n) is 1.63. The summed E-state index contributed by atoms with van der Waals surface area (Å²) in [7, 11) is 0. The Balaban J connectivity index is 2.58. The molecule has 0 saturated carbocycles. The van der Waals surface area contributed by atoms with Crippen LogP contribution in [0.4, 0.5) is 0 Å². The lowest BCUT2D eigenvalue weighted by Crippen LogP contribution is -1.85. The van der Waals surface area contributed by atoms with E-state index in [0.717, 1.165) is 0 Å². The van der Waals surface area contributed by atoms with Crippen molar-refractivity contribution in [3.8, 4) is 0 Å². The van der Waals surface area contributed by atoms with Crippen LogP contribution in [-0.4, -0.2) is 0 Å². The summed E-state index contributed by atoms with van der Waals surface area (Å²) in [6.45, 7) is 2.19. The van der Waals surface area contributed by atoms with Crippen molar-refractivity contribution in [2.75, 3.05) is 0 Å². The van der Waals surface area contributed by atoms with Crippen LogP contribution in [0.5, 0.6) is 0 Å². The topological polar surface area (TPSA) is 12.0 Å². The second-order valence-electron chi connectivity index (χ2n) is 2.59. The third kappa shape index (κ3) is 3.09. The minimum absolute atomic E-state index is 1.17. The van der Waals surface area contributed by atoms with Gasteiger partial charge >= 0.3 is 0 Å². The molecule has 1 rings (SSSR count). The van der Waals surface area contributed by atoms with Gasteiger partial charge in [0.25, 0.3) is 0 Å². The molecule has 0 heterocycles. The predicted octanol–water partition coefficient (Wildman–Crippen LogP) is 3.08. The number of hydrogen-bond acceptors (Lipinski definition) is 3. The lowest BCUT2D eigenvalue weighted by molar-refractivity contribution is 0.920. The summed E-state index contributed by atoms with van der Waals surface area (Å²) >= 11 is 5.43. The first-order chi connectivity index (χ1) is 5.86. The van der Waals surface area contributed by atoms with Gasteiger partial charge in [0.05, 0.1) is 0 Å². The second kappa shape index (κ2) is 5.51. The zero-order valence-corrected chi connectivity index (χ0v) is 8.79. The van der Waals surface area contributed by atoms with E-state index in [1.54, 1.807) is 0 Å². The van der Waals surface area contributed by atoms with E-state index in [9.17, 15) is 0 Å². The molecule has 0 amide bonds. The van der Waals surface area contributed by atoms with Gasteiger partial charge in [0.15, 0.2) is 0 Å². The number of nitrogens with one attached hydrogen (secondary N) is 1. The van der Waals surface area contributed by atoms with Crippen LogP contribution in [0.2, 0.25) is 0 Å². The first-order valence-corrected chi connectivity index (χ1v) is 5.28. The number of hydrogen-bond donors (Lipinski definition) is 2. The average molecular weight is 199 g/mol. The molecule has 0 aliphatic heterocycles. The van der Waals surface area contributed by atoms with Gasteiger partial charge in [-0.15, -0.1) is 0 Å². The van der Waals surface area contributed by atoms with Crippen LogP contribution < -0.4 is 4.13 Å². The van der Waals surface area contributed by atoms with Crippen LogP contribution in [-0.2, 0) is 6.42 Å². The van der Waals surface area contributed by atoms with Crippen LogP contribution >= 0.6 is 24.8 Å². The van der Waals surface area contributed by atoms with Crippen molar-refractivity contribution in [1.29, 1.82) is 0 Å². The maximum Gasteiger partial charge on any atom is 0.0236 e. The molecule has 0 spiro atoms. The highest BCUT2D eigenvalue weighted by Gasteiger charge is 1.92. The molecule has 1 aromatic rings. The van der Waals surface area contributed by atoms with Gasteiger partial charge < -0.3 is 0 Å². The summed E-state index contributed by atoms with van der Waals surface area (Å²) < 4.78 is 2.75. The zero-order valence-electron chi connectivity index (χ0n) is 7.08. The fraction of sp³-hybridized carbons (Fsp3) is 0.333. The van der Waals surface area contributed by atoms with E-state index in [1.807, 2.05) is 0 Å². The van der Waals surface area contributed by atoms with Crippen molar-refractivity contribution in [3.05, 3.63) is 29.8 Å². The normalized spacial score (nSPS) is 10.2. The molecule has 0 unspecified atom stereocenters. The molecule has 0 aliphatic rings. The van der Waals surface area contributed by atoms with Crippen LogP contribution in [0.1, 0.15) is 18.9 Å².